The lowest BCUT2D eigenvalue weighted by atomic mass is 10.1. The van der Waals surface area contributed by atoms with Crippen molar-refractivity contribution in [2.75, 3.05) is 0 Å². The van der Waals surface area contributed by atoms with E-state index in [1.165, 1.54) is 50.2 Å². The van der Waals surface area contributed by atoms with Crippen LogP contribution < -0.4 is 0 Å². The molecule has 0 aromatic rings. The summed E-state index contributed by atoms with van der Waals surface area (Å²) in [4.78, 5) is 0. The molecule has 1 atom stereocenters. The lowest BCUT2D eigenvalue weighted by Crippen LogP contribution is -2.39. The van der Waals surface area contributed by atoms with E-state index in [-0.39, 0.29) is 0 Å². The molecule has 0 aliphatic carbocycles. The summed E-state index contributed by atoms with van der Waals surface area (Å²) in [5.74, 6) is 0. The first-order chi connectivity index (χ1) is 7.67. The van der Waals surface area contributed by atoms with Crippen molar-refractivity contribution in [2.24, 2.45) is 0 Å². The summed E-state index contributed by atoms with van der Waals surface area (Å²) in [5.41, 5.74) is 0. The number of hydrogen-bond donors (Lipinski definition) is 0. The molecule has 0 bridgehead atoms. The van der Waals surface area contributed by atoms with Crippen LogP contribution in [-0.2, 0) is 4.43 Å². The van der Waals surface area contributed by atoms with Gasteiger partial charge in [-0.3, -0.25) is 0 Å². The van der Waals surface area contributed by atoms with E-state index in [1.807, 2.05) is 0 Å². The molecule has 0 radical (unpaired) electrons. The van der Waals surface area contributed by atoms with Gasteiger partial charge in [0.05, 0.1) is 0 Å². The van der Waals surface area contributed by atoms with Crippen molar-refractivity contribution in [1.29, 1.82) is 0 Å². The van der Waals surface area contributed by atoms with Gasteiger partial charge in [-0.25, -0.2) is 0 Å². The van der Waals surface area contributed by atoms with Crippen molar-refractivity contribution in [3.63, 3.8) is 0 Å². The molecule has 16 heavy (non-hydrogen) atoms. The van der Waals surface area contributed by atoms with Crippen molar-refractivity contribution in [3.8, 4) is 0 Å². The molecule has 0 saturated carbocycles. The number of hydrogen-bond acceptors (Lipinski definition) is 1. The van der Waals surface area contributed by atoms with E-state index in [4.69, 9.17) is 4.43 Å². The maximum absolute atomic E-state index is 6.52. The zero-order valence-electron chi connectivity index (χ0n) is 12.1. The first kappa shape index (κ1) is 16.2. The van der Waals surface area contributed by atoms with Gasteiger partial charge in [0.1, 0.15) is 0 Å². The Kier molecular flexibility index (Phi) is 9.33. The van der Waals surface area contributed by atoms with Crippen LogP contribution in [0.1, 0.15) is 66.7 Å². The van der Waals surface area contributed by atoms with Crippen LogP contribution in [0.4, 0.5) is 0 Å². The van der Waals surface area contributed by atoms with Crippen LogP contribution in [0.5, 0.6) is 0 Å². The van der Waals surface area contributed by atoms with E-state index < -0.39 is 8.32 Å². The summed E-state index contributed by atoms with van der Waals surface area (Å²) >= 11 is 0. The van der Waals surface area contributed by atoms with Crippen molar-refractivity contribution < 1.29 is 4.43 Å². The van der Waals surface area contributed by atoms with Crippen LogP contribution >= 0.6 is 0 Å². The molecule has 0 amide bonds. The topological polar surface area (TPSA) is 9.23 Å². The average Bonchev–Trinajstić information content (AvgIpc) is 2.34. The Labute approximate surface area is 104 Å². The summed E-state index contributed by atoms with van der Waals surface area (Å²) < 4.78 is 6.52. The van der Waals surface area contributed by atoms with Gasteiger partial charge in [-0.2, -0.15) is 0 Å². The molecule has 0 spiro atoms. The maximum Gasteiger partial charge on any atom is 0.192 e. The normalized spacial score (nSPS) is 14.1. The van der Waals surface area contributed by atoms with Crippen LogP contribution in [0.2, 0.25) is 18.1 Å². The van der Waals surface area contributed by atoms with Gasteiger partial charge in [0, 0.05) is 6.10 Å². The maximum atomic E-state index is 6.52. The van der Waals surface area contributed by atoms with Crippen molar-refractivity contribution >= 4 is 8.32 Å². The molecular weight excluding hydrogens is 212 g/mol. The Balaban J connectivity index is 4.15. The highest BCUT2D eigenvalue weighted by molar-refractivity contribution is 6.73. The molecule has 0 aliphatic rings. The minimum absolute atomic E-state index is 0.540. The van der Waals surface area contributed by atoms with Crippen molar-refractivity contribution in [1.82, 2.24) is 0 Å². The Hall–Kier alpha value is 0.177. The standard InChI is InChI=1S/C14H32OSi/c1-6-11-12-13-14(7-2)15-16(8-3,9-4)10-5/h14H,6-13H2,1-5H3. The second-order valence-electron chi connectivity index (χ2n) is 4.89. The third kappa shape index (κ3) is 5.49. The van der Waals surface area contributed by atoms with Crippen LogP contribution in [0.3, 0.4) is 0 Å². The summed E-state index contributed by atoms with van der Waals surface area (Å²) in [6.45, 7) is 11.5. The molecule has 0 heterocycles. The lowest BCUT2D eigenvalue weighted by Gasteiger charge is -2.33. The SMILES string of the molecule is CCCCCC(CC)O[Si](CC)(CC)CC. The van der Waals surface area contributed by atoms with E-state index in [0.29, 0.717) is 6.10 Å². The molecule has 98 valence electrons. The fraction of sp³-hybridized carbons (Fsp3) is 1.00. The Morgan fingerprint density at radius 1 is 0.875 bits per heavy atom. The quantitative estimate of drug-likeness (QED) is 0.371. The first-order valence-electron chi connectivity index (χ1n) is 7.35. The second kappa shape index (κ2) is 9.23. The smallest absolute Gasteiger partial charge is 0.192 e. The van der Waals surface area contributed by atoms with Gasteiger partial charge in [0.2, 0.25) is 0 Å². The molecule has 1 unspecified atom stereocenters. The van der Waals surface area contributed by atoms with E-state index in [2.05, 4.69) is 34.6 Å². The zero-order chi connectivity index (χ0) is 12.4. The molecule has 0 N–H and O–H groups in total. The van der Waals surface area contributed by atoms with E-state index >= 15 is 0 Å². The summed E-state index contributed by atoms with van der Waals surface area (Å²) in [6.07, 6.45) is 7.03. The number of unbranched alkanes of at least 4 members (excludes halogenated alkanes) is 2. The predicted octanol–water partition coefficient (Wildman–Crippen LogP) is 5.37. The summed E-state index contributed by atoms with van der Waals surface area (Å²) in [6, 6.07) is 3.85. The first-order valence-corrected chi connectivity index (χ1v) is 9.88. The highest BCUT2D eigenvalue weighted by atomic mass is 28.4. The van der Waals surface area contributed by atoms with Gasteiger partial charge >= 0.3 is 0 Å². The van der Waals surface area contributed by atoms with Gasteiger partial charge in [0.15, 0.2) is 8.32 Å². The molecular formula is C14H32OSi. The molecule has 0 fully saturated rings. The van der Waals surface area contributed by atoms with Crippen LogP contribution in [-0.4, -0.2) is 14.4 Å². The fourth-order valence-corrected chi connectivity index (χ4v) is 5.31. The molecule has 0 aromatic heterocycles. The molecule has 0 aliphatic heterocycles. The van der Waals surface area contributed by atoms with Crippen molar-refractivity contribution in [3.05, 3.63) is 0 Å². The highest BCUT2D eigenvalue weighted by Gasteiger charge is 2.31. The summed E-state index contributed by atoms with van der Waals surface area (Å²) in [7, 11) is -1.36. The van der Waals surface area contributed by atoms with Gasteiger partial charge in [0.25, 0.3) is 0 Å². The highest BCUT2D eigenvalue weighted by Crippen LogP contribution is 2.26. The van der Waals surface area contributed by atoms with Gasteiger partial charge in [-0.15, -0.1) is 0 Å². The molecule has 2 heteroatoms. The molecule has 0 saturated heterocycles. The van der Waals surface area contributed by atoms with Gasteiger partial charge < -0.3 is 4.43 Å². The van der Waals surface area contributed by atoms with Crippen LogP contribution in [0.15, 0.2) is 0 Å². The summed E-state index contributed by atoms with van der Waals surface area (Å²) in [5, 5.41) is 0. The minimum atomic E-state index is -1.36. The minimum Gasteiger partial charge on any atom is -0.414 e. The Morgan fingerprint density at radius 3 is 1.81 bits per heavy atom. The van der Waals surface area contributed by atoms with Crippen LogP contribution in [0.25, 0.3) is 0 Å². The Morgan fingerprint density at radius 2 is 1.44 bits per heavy atom. The lowest BCUT2D eigenvalue weighted by molar-refractivity contribution is 0.168. The van der Waals surface area contributed by atoms with Crippen molar-refractivity contribution in [2.45, 2.75) is 91.0 Å². The fourth-order valence-electron chi connectivity index (χ4n) is 2.32. The zero-order valence-corrected chi connectivity index (χ0v) is 13.1. The molecule has 0 aromatic carbocycles. The largest absolute Gasteiger partial charge is 0.414 e. The van der Waals surface area contributed by atoms with E-state index in [9.17, 15) is 0 Å². The molecule has 1 nitrogen and oxygen atoms in total. The van der Waals surface area contributed by atoms with Gasteiger partial charge in [-0.1, -0.05) is 53.9 Å². The predicted molar refractivity (Wildman–Crippen MR) is 76.5 cm³/mol. The van der Waals surface area contributed by atoms with Gasteiger partial charge in [-0.05, 0) is 31.0 Å². The second-order valence-corrected chi connectivity index (χ2v) is 9.61. The van der Waals surface area contributed by atoms with E-state index in [1.54, 1.807) is 0 Å². The Bertz CT molecular complexity index is 147. The third-order valence-electron chi connectivity index (χ3n) is 3.93. The third-order valence-corrected chi connectivity index (χ3v) is 8.63. The number of rotatable bonds is 10. The van der Waals surface area contributed by atoms with E-state index in [0.717, 1.165) is 0 Å². The molecule has 0 rings (SSSR count). The van der Waals surface area contributed by atoms with Crippen LogP contribution in [0, 0.1) is 0 Å². The average molecular weight is 244 g/mol. The monoisotopic (exact) mass is 244 g/mol.